The van der Waals surface area contributed by atoms with Crippen LogP contribution in [0.3, 0.4) is 0 Å². The van der Waals surface area contributed by atoms with Crippen LogP contribution in [-0.4, -0.2) is 15.1 Å². The molecule has 0 spiro atoms. The minimum absolute atomic E-state index is 0.160. The number of nitriles is 1. The molecular formula is C13H9F3N4O. The fourth-order valence-corrected chi connectivity index (χ4v) is 1.66. The van der Waals surface area contributed by atoms with Gasteiger partial charge in [0.05, 0.1) is 11.9 Å². The van der Waals surface area contributed by atoms with Crippen molar-refractivity contribution >= 4 is 5.69 Å². The molecule has 0 saturated carbocycles. The van der Waals surface area contributed by atoms with Crippen LogP contribution in [0.25, 0.3) is 0 Å². The summed E-state index contributed by atoms with van der Waals surface area (Å²) in [5.41, 5.74) is -1.12. The fraction of sp³-hybridized carbons (Fsp3) is 0.154. The van der Waals surface area contributed by atoms with Gasteiger partial charge in [0.1, 0.15) is 11.8 Å². The molecule has 1 unspecified atom stereocenters. The van der Waals surface area contributed by atoms with E-state index in [0.29, 0.717) is 0 Å². The van der Waals surface area contributed by atoms with E-state index in [9.17, 15) is 18.3 Å². The summed E-state index contributed by atoms with van der Waals surface area (Å²) in [5.74, 6) is 0. The van der Waals surface area contributed by atoms with Gasteiger partial charge in [0.2, 0.25) is 0 Å². The number of anilines is 1. The number of hydrogen-bond donors (Lipinski definition) is 2. The Labute approximate surface area is 117 Å². The molecular weight excluding hydrogens is 285 g/mol. The molecule has 5 nitrogen and oxygen atoms in total. The quantitative estimate of drug-likeness (QED) is 0.850. The molecule has 2 aromatic heterocycles. The van der Waals surface area contributed by atoms with Crippen LogP contribution < -0.4 is 5.32 Å². The zero-order valence-electron chi connectivity index (χ0n) is 10.5. The van der Waals surface area contributed by atoms with Crippen molar-refractivity contribution in [1.29, 1.82) is 5.26 Å². The number of aromatic nitrogens is 2. The maximum Gasteiger partial charge on any atom is 0.433 e. The Kier molecular flexibility index (Phi) is 4.05. The highest BCUT2D eigenvalue weighted by Crippen LogP contribution is 2.33. The Morgan fingerprint density at radius 1 is 1.24 bits per heavy atom. The van der Waals surface area contributed by atoms with Gasteiger partial charge in [0, 0.05) is 11.8 Å². The Hall–Kier alpha value is -2.66. The molecule has 0 fully saturated rings. The maximum absolute atomic E-state index is 12.8. The molecule has 21 heavy (non-hydrogen) atoms. The van der Waals surface area contributed by atoms with Crippen LogP contribution in [0.1, 0.15) is 23.2 Å². The lowest BCUT2D eigenvalue weighted by molar-refractivity contribution is -0.142. The van der Waals surface area contributed by atoms with E-state index in [2.05, 4.69) is 15.3 Å². The predicted molar refractivity (Wildman–Crippen MR) is 66.8 cm³/mol. The summed E-state index contributed by atoms with van der Waals surface area (Å²) in [4.78, 5) is 7.00. The van der Waals surface area contributed by atoms with E-state index in [1.165, 1.54) is 24.4 Å². The molecule has 0 amide bonds. The SMILES string of the molecule is N#Cc1ccc(NC(O)c2cccnc2C(F)(F)F)cn1. The lowest BCUT2D eigenvalue weighted by Gasteiger charge is -2.18. The van der Waals surface area contributed by atoms with Crippen molar-refractivity contribution in [2.75, 3.05) is 5.32 Å². The smallest absolute Gasteiger partial charge is 0.369 e. The third-order valence-corrected chi connectivity index (χ3v) is 2.58. The van der Waals surface area contributed by atoms with E-state index in [-0.39, 0.29) is 11.4 Å². The van der Waals surface area contributed by atoms with Gasteiger partial charge in [-0.1, -0.05) is 6.07 Å². The van der Waals surface area contributed by atoms with Crippen LogP contribution in [0.15, 0.2) is 36.7 Å². The summed E-state index contributed by atoms with van der Waals surface area (Å²) in [6.07, 6.45) is -4.03. The number of aliphatic hydroxyl groups excluding tert-OH is 1. The lowest BCUT2D eigenvalue weighted by atomic mass is 10.1. The first-order chi connectivity index (χ1) is 9.91. The van der Waals surface area contributed by atoms with Gasteiger partial charge in [-0.05, 0) is 18.2 Å². The molecule has 2 aromatic rings. The number of nitrogens with zero attached hydrogens (tertiary/aromatic N) is 3. The van der Waals surface area contributed by atoms with Crippen molar-refractivity contribution in [3.05, 3.63) is 53.6 Å². The summed E-state index contributed by atoms with van der Waals surface area (Å²) in [6, 6.07) is 7.04. The average Bonchev–Trinajstić information content (AvgIpc) is 2.47. The van der Waals surface area contributed by atoms with Gasteiger partial charge in [0.25, 0.3) is 0 Å². The van der Waals surface area contributed by atoms with E-state index >= 15 is 0 Å². The largest absolute Gasteiger partial charge is 0.433 e. The van der Waals surface area contributed by atoms with E-state index in [1.54, 1.807) is 0 Å². The van der Waals surface area contributed by atoms with Crippen molar-refractivity contribution < 1.29 is 18.3 Å². The van der Waals surface area contributed by atoms with Crippen molar-refractivity contribution in [3.63, 3.8) is 0 Å². The lowest BCUT2D eigenvalue weighted by Crippen LogP contribution is -2.18. The topological polar surface area (TPSA) is 81.8 Å². The third kappa shape index (κ3) is 3.46. The Morgan fingerprint density at radius 3 is 2.57 bits per heavy atom. The standard InChI is InChI=1S/C13H9F3N4O/c14-13(15,16)11-10(2-1-5-18-11)12(21)20-9-4-3-8(6-17)19-7-9/h1-5,7,12,20-21H. The summed E-state index contributed by atoms with van der Waals surface area (Å²) >= 11 is 0. The van der Waals surface area contributed by atoms with Crippen molar-refractivity contribution in [3.8, 4) is 6.07 Å². The monoisotopic (exact) mass is 294 g/mol. The van der Waals surface area contributed by atoms with Gasteiger partial charge in [-0.2, -0.15) is 18.4 Å². The molecule has 0 saturated heterocycles. The normalized spacial score (nSPS) is 12.5. The van der Waals surface area contributed by atoms with Crippen LogP contribution >= 0.6 is 0 Å². The fourth-order valence-electron chi connectivity index (χ4n) is 1.66. The first kappa shape index (κ1) is 14.7. The van der Waals surface area contributed by atoms with Crippen LogP contribution in [0, 0.1) is 11.3 Å². The van der Waals surface area contributed by atoms with Crippen LogP contribution in [-0.2, 0) is 6.18 Å². The number of aliphatic hydroxyl groups is 1. The number of hydrogen-bond acceptors (Lipinski definition) is 5. The highest BCUT2D eigenvalue weighted by Gasteiger charge is 2.36. The Balaban J connectivity index is 2.24. The van der Waals surface area contributed by atoms with Crippen LogP contribution in [0.4, 0.5) is 18.9 Å². The molecule has 0 aromatic carbocycles. The Bertz CT molecular complexity index is 664. The minimum atomic E-state index is -4.66. The summed E-state index contributed by atoms with van der Waals surface area (Å²) in [5, 5.41) is 21.0. The minimum Gasteiger partial charge on any atom is -0.369 e. The molecule has 0 bridgehead atoms. The van der Waals surface area contributed by atoms with Gasteiger partial charge >= 0.3 is 6.18 Å². The summed E-state index contributed by atoms with van der Waals surface area (Å²) < 4.78 is 38.4. The first-order valence-electron chi connectivity index (χ1n) is 5.74. The van der Waals surface area contributed by atoms with Gasteiger partial charge < -0.3 is 10.4 Å². The van der Waals surface area contributed by atoms with Crippen LogP contribution in [0.5, 0.6) is 0 Å². The second kappa shape index (κ2) is 5.76. The highest BCUT2D eigenvalue weighted by atomic mass is 19.4. The molecule has 0 aliphatic heterocycles. The second-order valence-electron chi connectivity index (χ2n) is 4.03. The first-order valence-corrected chi connectivity index (χ1v) is 5.74. The van der Waals surface area contributed by atoms with Crippen molar-refractivity contribution in [2.45, 2.75) is 12.4 Å². The van der Waals surface area contributed by atoms with Crippen molar-refractivity contribution in [1.82, 2.24) is 9.97 Å². The predicted octanol–water partition coefficient (Wildman–Crippen LogP) is 2.47. The molecule has 1 atom stereocenters. The number of nitrogens with one attached hydrogen (secondary N) is 1. The van der Waals surface area contributed by atoms with Crippen molar-refractivity contribution in [2.24, 2.45) is 0 Å². The molecule has 2 rings (SSSR count). The van der Waals surface area contributed by atoms with E-state index in [0.717, 1.165) is 12.3 Å². The second-order valence-corrected chi connectivity index (χ2v) is 4.03. The molecule has 108 valence electrons. The zero-order chi connectivity index (χ0) is 15.5. The molecule has 2 heterocycles. The van der Waals surface area contributed by atoms with E-state index in [4.69, 9.17) is 5.26 Å². The number of alkyl halides is 3. The van der Waals surface area contributed by atoms with E-state index < -0.39 is 23.7 Å². The maximum atomic E-state index is 12.8. The van der Waals surface area contributed by atoms with Gasteiger partial charge in [0.15, 0.2) is 11.9 Å². The molecule has 8 heteroatoms. The number of pyridine rings is 2. The van der Waals surface area contributed by atoms with Crippen LogP contribution in [0.2, 0.25) is 0 Å². The van der Waals surface area contributed by atoms with E-state index in [1.807, 2.05) is 6.07 Å². The third-order valence-electron chi connectivity index (χ3n) is 2.58. The number of rotatable bonds is 3. The summed E-state index contributed by atoms with van der Waals surface area (Å²) in [7, 11) is 0. The molecule has 0 radical (unpaired) electrons. The molecule has 0 aliphatic rings. The molecule has 0 aliphatic carbocycles. The Morgan fingerprint density at radius 2 is 2.00 bits per heavy atom. The van der Waals surface area contributed by atoms with Gasteiger partial charge in [-0.15, -0.1) is 0 Å². The van der Waals surface area contributed by atoms with Gasteiger partial charge in [-0.25, -0.2) is 4.98 Å². The zero-order valence-corrected chi connectivity index (χ0v) is 10.5. The van der Waals surface area contributed by atoms with Gasteiger partial charge in [-0.3, -0.25) is 4.98 Å². The summed E-state index contributed by atoms with van der Waals surface area (Å²) in [6.45, 7) is 0. The average molecular weight is 294 g/mol. The highest BCUT2D eigenvalue weighted by molar-refractivity contribution is 5.45. The number of halogens is 3. The molecule has 2 N–H and O–H groups in total.